The van der Waals surface area contributed by atoms with Crippen LogP contribution in [0.25, 0.3) is 0 Å². The van der Waals surface area contributed by atoms with Crippen molar-refractivity contribution < 1.29 is 41.5 Å². The van der Waals surface area contributed by atoms with Crippen LogP contribution in [0, 0.1) is 0 Å². The number of carbonyl (C=O) groups excluding carboxylic acids is 2. The predicted molar refractivity (Wildman–Crippen MR) is 124 cm³/mol. The minimum absolute atomic E-state index is 0.000849. The zero-order valence-electron chi connectivity index (χ0n) is 19.8. The summed E-state index contributed by atoms with van der Waals surface area (Å²) < 4.78 is 60.0. The third kappa shape index (κ3) is 6.80. The first-order chi connectivity index (χ1) is 17.5. The van der Waals surface area contributed by atoms with Gasteiger partial charge in [-0.3, -0.25) is 14.6 Å². The van der Waals surface area contributed by atoms with E-state index in [1.807, 2.05) is 0 Å². The van der Waals surface area contributed by atoms with Gasteiger partial charge in [-0.05, 0) is 36.2 Å². The van der Waals surface area contributed by atoms with E-state index in [1.54, 1.807) is 0 Å². The Labute approximate surface area is 209 Å². The number of hydrogen-bond donors (Lipinski definition) is 3. The summed E-state index contributed by atoms with van der Waals surface area (Å²) in [5, 5.41) is 8.73. The van der Waals surface area contributed by atoms with E-state index in [4.69, 9.17) is 24.5 Å². The van der Waals surface area contributed by atoms with E-state index in [0.717, 1.165) is 24.5 Å². The first-order valence-electron chi connectivity index (χ1n) is 10.7. The number of nitrogens with two attached hydrogens (primary N) is 1. The van der Waals surface area contributed by atoms with Crippen molar-refractivity contribution in [3.63, 3.8) is 0 Å². The highest BCUT2D eigenvalue weighted by molar-refractivity contribution is 5.99. The van der Waals surface area contributed by atoms with Crippen LogP contribution < -0.4 is 30.6 Å². The molecule has 0 saturated heterocycles. The Morgan fingerprint density at radius 3 is 2.57 bits per heavy atom. The zero-order valence-corrected chi connectivity index (χ0v) is 19.8. The number of aliphatic imine (C=N–C) groups is 1. The van der Waals surface area contributed by atoms with E-state index in [0.29, 0.717) is 12.8 Å². The summed E-state index contributed by atoms with van der Waals surface area (Å²) in [4.78, 5) is 28.9. The van der Waals surface area contributed by atoms with Crippen LogP contribution in [0.5, 0.6) is 17.4 Å². The van der Waals surface area contributed by atoms with Crippen LogP contribution in [-0.2, 0) is 11.0 Å². The monoisotopic (exact) mass is 523 g/mol. The Morgan fingerprint density at radius 1 is 1.27 bits per heavy atom. The molecule has 37 heavy (non-hydrogen) atoms. The van der Waals surface area contributed by atoms with Crippen molar-refractivity contribution in [2.45, 2.75) is 24.6 Å². The Morgan fingerprint density at radius 2 is 2.00 bits per heavy atom. The second-order valence-corrected chi connectivity index (χ2v) is 7.81. The molecule has 0 spiro atoms. The van der Waals surface area contributed by atoms with Gasteiger partial charge in [-0.25, -0.2) is 0 Å². The Bertz CT molecular complexity index is 1230. The van der Waals surface area contributed by atoms with Gasteiger partial charge >= 0.3 is 6.18 Å². The molecule has 1 aromatic heterocycles. The summed E-state index contributed by atoms with van der Waals surface area (Å²) in [6.45, 7) is 3.57. The van der Waals surface area contributed by atoms with Gasteiger partial charge < -0.3 is 35.1 Å². The second kappa shape index (κ2) is 11.1. The van der Waals surface area contributed by atoms with Crippen LogP contribution in [-0.4, -0.2) is 49.5 Å². The molecule has 1 saturated carbocycles. The Kier molecular flexibility index (Phi) is 8.10. The molecular formula is C23H24F3N5O6. The minimum atomic E-state index is -4.71. The molecule has 1 aliphatic carbocycles. The lowest BCUT2D eigenvalue weighted by atomic mass is 10.2. The highest BCUT2D eigenvalue weighted by Crippen LogP contribution is 2.39. The molecule has 1 aromatic carbocycles. The second-order valence-electron chi connectivity index (χ2n) is 7.81. The van der Waals surface area contributed by atoms with Gasteiger partial charge in [0.05, 0.1) is 38.7 Å². The molecule has 1 fully saturated rings. The molecular weight excluding hydrogens is 499 g/mol. The molecule has 0 radical (unpaired) electrons. The highest BCUT2D eigenvalue weighted by atomic mass is 19.4. The van der Waals surface area contributed by atoms with Gasteiger partial charge in [0, 0.05) is 6.20 Å². The number of allylic oxidation sites excluding steroid dienone is 1. The van der Waals surface area contributed by atoms with Crippen molar-refractivity contribution in [1.29, 1.82) is 0 Å². The van der Waals surface area contributed by atoms with Crippen LogP contribution in [0.4, 0.5) is 13.2 Å². The molecule has 198 valence electrons. The molecule has 3 rings (SSSR count). The van der Waals surface area contributed by atoms with E-state index in [2.05, 4.69) is 27.4 Å². The molecule has 11 nitrogen and oxygen atoms in total. The predicted octanol–water partition coefficient (Wildman–Crippen LogP) is 2.55. The van der Waals surface area contributed by atoms with E-state index in [1.165, 1.54) is 26.4 Å². The number of alkyl halides is 3. The normalized spacial score (nSPS) is 14.7. The van der Waals surface area contributed by atoms with Gasteiger partial charge in [-0.15, -0.1) is 0 Å². The molecule has 1 aliphatic rings. The number of benzene rings is 1. The van der Waals surface area contributed by atoms with Crippen molar-refractivity contribution in [3.05, 3.63) is 59.8 Å². The number of halogens is 3. The maximum Gasteiger partial charge on any atom is 0.420 e. The van der Waals surface area contributed by atoms with Gasteiger partial charge in [0.2, 0.25) is 11.7 Å². The Balaban J connectivity index is 1.56. The van der Waals surface area contributed by atoms with Crippen molar-refractivity contribution >= 4 is 18.0 Å². The van der Waals surface area contributed by atoms with Crippen LogP contribution in [0.15, 0.2) is 58.0 Å². The summed E-state index contributed by atoms with van der Waals surface area (Å²) in [7, 11) is 2.60. The van der Waals surface area contributed by atoms with Gasteiger partial charge in [0.1, 0.15) is 22.6 Å². The number of amides is 2. The first-order valence-corrected chi connectivity index (χ1v) is 10.7. The number of nitrogens with one attached hydrogen (secondary N) is 2. The lowest BCUT2D eigenvalue weighted by molar-refractivity contribution is -0.138. The lowest BCUT2D eigenvalue weighted by Gasteiger charge is -2.16. The fraction of sp³-hybridized carbons (Fsp3) is 0.304. The molecule has 2 amide bonds. The number of rotatable bonds is 11. The summed E-state index contributed by atoms with van der Waals surface area (Å²) in [5.74, 6) is -1.81. The first kappa shape index (κ1) is 27.1. The summed E-state index contributed by atoms with van der Waals surface area (Å²) in [5.41, 5.74) is 3.43. The molecule has 0 aliphatic heterocycles. The standard InChI is InChI=1S/C23H24F3N5O6/c1-13(11-29-21(33)22(6-7-22)30-20(32)18-9-19(35-3)31-37-18)28-12-15(10-27)36-17-5-4-14(34-2)8-16(17)23(24,25)26/h4-5,8-10,12H,1,6-7,11,27H2,2-3H3,(H,29,33)(H,30,32)/b15-10+,28-12?. The van der Waals surface area contributed by atoms with E-state index >= 15 is 0 Å². The maximum atomic E-state index is 13.4. The lowest BCUT2D eigenvalue weighted by Crippen LogP contribution is -2.49. The molecule has 0 bridgehead atoms. The van der Waals surface area contributed by atoms with Crippen LogP contribution in [0.3, 0.4) is 0 Å². The van der Waals surface area contributed by atoms with Gasteiger partial charge in [0.25, 0.3) is 11.8 Å². The zero-order chi connectivity index (χ0) is 27.2. The maximum absolute atomic E-state index is 13.4. The van der Waals surface area contributed by atoms with Gasteiger partial charge in [0.15, 0.2) is 5.76 Å². The number of ether oxygens (including phenoxy) is 3. The van der Waals surface area contributed by atoms with Crippen LogP contribution >= 0.6 is 0 Å². The number of nitrogens with zero attached hydrogens (tertiary/aromatic N) is 2. The van der Waals surface area contributed by atoms with Crippen molar-refractivity contribution in [2.24, 2.45) is 10.7 Å². The van der Waals surface area contributed by atoms with Gasteiger partial charge in [-0.2, -0.15) is 13.2 Å². The summed E-state index contributed by atoms with van der Waals surface area (Å²) in [6, 6.07) is 4.47. The molecule has 1 heterocycles. The average Bonchev–Trinajstić information content (AvgIpc) is 3.49. The smallest absolute Gasteiger partial charge is 0.420 e. The number of hydrogen-bond acceptors (Lipinski definition) is 9. The van der Waals surface area contributed by atoms with Crippen LogP contribution in [0.2, 0.25) is 0 Å². The minimum Gasteiger partial charge on any atom is -0.497 e. The average molecular weight is 523 g/mol. The largest absolute Gasteiger partial charge is 0.497 e. The molecule has 0 atom stereocenters. The van der Waals surface area contributed by atoms with Crippen LogP contribution in [0.1, 0.15) is 29.0 Å². The molecule has 0 unspecified atom stereocenters. The number of methoxy groups -OCH3 is 2. The molecule has 2 aromatic rings. The SMILES string of the molecule is C=C(CNC(=O)C1(NC(=O)c2cc(OC)no2)CC1)N=C/C(=C\N)Oc1ccc(OC)cc1C(F)(F)F. The molecule has 14 heteroatoms. The quantitative estimate of drug-likeness (QED) is 0.300. The van der Waals surface area contributed by atoms with Crippen molar-refractivity contribution in [1.82, 2.24) is 15.8 Å². The fourth-order valence-corrected chi connectivity index (χ4v) is 3.00. The van der Waals surface area contributed by atoms with Crippen molar-refractivity contribution in [3.8, 4) is 17.4 Å². The summed E-state index contributed by atoms with van der Waals surface area (Å²) in [6.07, 6.45) is -1.91. The number of aromatic nitrogens is 1. The van der Waals surface area contributed by atoms with E-state index in [9.17, 15) is 22.8 Å². The highest BCUT2D eigenvalue weighted by Gasteiger charge is 2.51. The van der Waals surface area contributed by atoms with Gasteiger partial charge in [-0.1, -0.05) is 6.58 Å². The van der Waals surface area contributed by atoms with E-state index < -0.39 is 34.8 Å². The topological polar surface area (TPSA) is 150 Å². The summed E-state index contributed by atoms with van der Waals surface area (Å²) >= 11 is 0. The molecule has 4 N–H and O–H groups in total. The van der Waals surface area contributed by atoms with E-state index in [-0.39, 0.29) is 35.4 Å². The van der Waals surface area contributed by atoms with Crippen molar-refractivity contribution in [2.75, 3.05) is 20.8 Å². The third-order valence-corrected chi connectivity index (χ3v) is 5.17. The Hall–Kier alpha value is -4.49. The number of carbonyl (C=O) groups is 2. The fourth-order valence-electron chi connectivity index (χ4n) is 3.00. The third-order valence-electron chi connectivity index (χ3n) is 5.17.